The van der Waals surface area contributed by atoms with Crippen molar-refractivity contribution < 1.29 is 23.8 Å². The molecule has 0 bridgehead atoms. The molecule has 5 heteroatoms. The lowest BCUT2D eigenvalue weighted by Crippen LogP contribution is -2.16. The molecule has 0 radical (unpaired) electrons. The number of ether oxygens (including phenoxy) is 3. The maximum absolute atomic E-state index is 12.5. The van der Waals surface area contributed by atoms with E-state index in [1.54, 1.807) is 55.6 Å². The summed E-state index contributed by atoms with van der Waals surface area (Å²) in [4.78, 5) is 24.9. The maximum atomic E-state index is 12.5. The molecule has 0 amide bonds. The molecule has 0 spiro atoms. The summed E-state index contributed by atoms with van der Waals surface area (Å²) in [6, 6.07) is 13.2. The molecule has 2 aromatic rings. The highest BCUT2D eigenvalue weighted by Gasteiger charge is 2.19. The lowest BCUT2D eigenvalue weighted by molar-refractivity contribution is 0.0489. The highest BCUT2D eigenvalue weighted by Crippen LogP contribution is 2.20. The van der Waals surface area contributed by atoms with Crippen LogP contribution in [-0.4, -0.2) is 25.7 Å². The van der Waals surface area contributed by atoms with Gasteiger partial charge in [-0.1, -0.05) is 51.2 Å². The quantitative estimate of drug-likeness (QED) is 0.294. The summed E-state index contributed by atoms with van der Waals surface area (Å²) < 4.78 is 15.8. The molecule has 0 saturated heterocycles. The highest BCUT2D eigenvalue weighted by molar-refractivity contribution is 6.03. The Kier molecular flexibility index (Phi) is 9.05. The van der Waals surface area contributed by atoms with Crippen LogP contribution in [0.15, 0.2) is 48.5 Å². The van der Waals surface area contributed by atoms with E-state index >= 15 is 0 Å². The Hall–Kier alpha value is -2.82. The smallest absolute Gasteiger partial charge is 0.344 e. The molecule has 5 nitrogen and oxygen atoms in total. The molecule has 0 N–H and O–H groups in total. The van der Waals surface area contributed by atoms with E-state index in [0.29, 0.717) is 18.1 Å². The first-order chi connectivity index (χ1) is 13.7. The SMILES string of the molecule is CCCCCCCCOC(=O)c1ccccc1C(=O)Oc1ccc(OC)cc1. The summed E-state index contributed by atoms with van der Waals surface area (Å²) in [7, 11) is 1.56. The van der Waals surface area contributed by atoms with E-state index in [4.69, 9.17) is 14.2 Å². The standard InChI is InChI=1S/C23H28O5/c1-3-4-5-6-7-10-17-27-22(24)20-11-8-9-12-21(20)23(25)28-19-15-13-18(26-2)14-16-19/h8-9,11-16H,3-7,10,17H2,1-2H3. The van der Waals surface area contributed by atoms with Crippen LogP contribution < -0.4 is 9.47 Å². The summed E-state index contributed by atoms with van der Waals surface area (Å²) in [5, 5.41) is 0. The van der Waals surface area contributed by atoms with Crippen LogP contribution >= 0.6 is 0 Å². The van der Waals surface area contributed by atoms with Crippen molar-refractivity contribution in [1.29, 1.82) is 0 Å². The van der Waals surface area contributed by atoms with Crippen molar-refractivity contribution in [2.75, 3.05) is 13.7 Å². The number of hydrogen-bond acceptors (Lipinski definition) is 5. The minimum absolute atomic E-state index is 0.186. The third-order valence-electron chi connectivity index (χ3n) is 4.37. The molecule has 2 aromatic carbocycles. The van der Waals surface area contributed by atoms with Gasteiger partial charge >= 0.3 is 11.9 Å². The first kappa shape index (κ1) is 21.5. The second-order valence-electron chi connectivity index (χ2n) is 6.51. The molecule has 0 atom stereocenters. The summed E-state index contributed by atoms with van der Waals surface area (Å²) in [6.07, 6.45) is 6.67. The van der Waals surface area contributed by atoms with E-state index in [1.807, 2.05) is 0 Å². The van der Waals surface area contributed by atoms with Crippen molar-refractivity contribution in [2.24, 2.45) is 0 Å². The molecule has 0 fully saturated rings. The predicted molar refractivity (Wildman–Crippen MR) is 108 cm³/mol. The van der Waals surface area contributed by atoms with Gasteiger partial charge in [0.2, 0.25) is 0 Å². The van der Waals surface area contributed by atoms with Gasteiger partial charge in [0.25, 0.3) is 0 Å². The molecule has 150 valence electrons. The average Bonchev–Trinajstić information content (AvgIpc) is 2.73. The predicted octanol–water partition coefficient (Wildman–Crippen LogP) is 5.43. The van der Waals surface area contributed by atoms with Crippen LogP contribution in [0.2, 0.25) is 0 Å². The molecular weight excluding hydrogens is 356 g/mol. The van der Waals surface area contributed by atoms with Crippen LogP contribution in [0.1, 0.15) is 66.2 Å². The third kappa shape index (κ3) is 6.72. The molecule has 0 saturated carbocycles. The Bertz CT molecular complexity index is 752. The van der Waals surface area contributed by atoms with Gasteiger partial charge in [-0.05, 0) is 42.8 Å². The Labute approximate surface area is 166 Å². The Morgan fingerprint density at radius 3 is 1.96 bits per heavy atom. The minimum Gasteiger partial charge on any atom is -0.497 e. The highest BCUT2D eigenvalue weighted by atomic mass is 16.5. The Balaban J connectivity index is 1.91. The fraction of sp³-hybridized carbons (Fsp3) is 0.391. The van der Waals surface area contributed by atoms with Gasteiger partial charge in [-0.3, -0.25) is 0 Å². The van der Waals surface area contributed by atoms with Gasteiger partial charge in [0.05, 0.1) is 24.8 Å². The van der Waals surface area contributed by atoms with Gasteiger partial charge in [-0.25, -0.2) is 9.59 Å². The zero-order chi connectivity index (χ0) is 20.2. The fourth-order valence-corrected chi connectivity index (χ4v) is 2.77. The largest absolute Gasteiger partial charge is 0.497 e. The van der Waals surface area contributed by atoms with Crippen LogP contribution in [0, 0.1) is 0 Å². The average molecular weight is 384 g/mol. The number of esters is 2. The van der Waals surface area contributed by atoms with E-state index in [1.165, 1.54) is 19.3 Å². The summed E-state index contributed by atoms with van der Waals surface area (Å²) in [5.74, 6) is -0.0624. The van der Waals surface area contributed by atoms with Crippen molar-refractivity contribution in [1.82, 2.24) is 0 Å². The zero-order valence-corrected chi connectivity index (χ0v) is 16.6. The second-order valence-corrected chi connectivity index (χ2v) is 6.51. The minimum atomic E-state index is -0.600. The number of unbranched alkanes of at least 4 members (excludes halogenated alkanes) is 5. The third-order valence-corrected chi connectivity index (χ3v) is 4.37. The van der Waals surface area contributed by atoms with Gasteiger partial charge in [0.1, 0.15) is 11.5 Å². The van der Waals surface area contributed by atoms with E-state index in [9.17, 15) is 9.59 Å². The van der Waals surface area contributed by atoms with Crippen LogP contribution in [0.3, 0.4) is 0 Å². The van der Waals surface area contributed by atoms with Crippen LogP contribution in [0.4, 0.5) is 0 Å². The van der Waals surface area contributed by atoms with Crippen molar-refractivity contribution in [3.05, 3.63) is 59.7 Å². The van der Waals surface area contributed by atoms with Gasteiger partial charge in [-0.15, -0.1) is 0 Å². The molecule has 0 heterocycles. The first-order valence-corrected chi connectivity index (χ1v) is 9.78. The van der Waals surface area contributed by atoms with Gasteiger partial charge in [-0.2, -0.15) is 0 Å². The van der Waals surface area contributed by atoms with Crippen LogP contribution in [-0.2, 0) is 4.74 Å². The van der Waals surface area contributed by atoms with Crippen LogP contribution in [0.25, 0.3) is 0 Å². The number of benzene rings is 2. The molecule has 0 aliphatic rings. The van der Waals surface area contributed by atoms with Crippen molar-refractivity contribution >= 4 is 11.9 Å². The van der Waals surface area contributed by atoms with Gasteiger partial charge in [0.15, 0.2) is 0 Å². The number of rotatable bonds is 11. The van der Waals surface area contributed by atoms with Gasteiger partial charge in [0, 0.05) is 0 Å². The molecule has 2 rings (SSSR count). The number of methoxy groups -OCH3 is 1. The normalized spacial score (nSPS) is 10.4. The summed E-state index contributed by atoms with van der Waals surface area (Å²) in [5.41, 5.74) is 0.401. The molecule has 0 aliphatic carbocycles. The molecule has 0 aromatic heterocycles. The monoisotopic (exact) mass is 384 g/mol. The lowest BCUT2D eigenvalue weighted by atomic mass is 10.1. The molecule has 0 unspecified atom stereocenters. The number of carbonyl (C=O) groups excluding carboxylic acids is 2. The van der Waals surface area contributed by atoms with Gasteiger partial charge < -0.3 is 14.2 Å². The molecule has 28 heavy (non-hydrogen) atoms. The lowest BCUT2D eigenvalue weighted by Gasteiger charge is -2.10. The summed E-state index contributed by atoms with van der Waals surface area (Å²) >= 11 is 0. The Morgan fingerprint density at radius 1 is 0.750 bits per heavy atom. The second kappa shape index (κ2) is 11.8. The van der Waals surface area contributed by atoms with Crippen molar-refractivity contribution in [3.63, 3.8) is 0 Å². The maximum Gasteiger partial charge on any atom is 0.344 e. The van der Waals surface area contributed by atoms with Crippen molar-refractivity contribution in [3.8, 4) is 11.5 Å². The number of carbonyl (C=O) groups is 2. The topological polar surface area (TPSA) is 61.8 Å². The van der Waals surface area contributed by atoms with E-state index in [-0.39, 0.29) is 11.1 Å². The Morgan fingerprint density at radius 2 is 1.32 bits per heavy atom. The van der Waals surface area contributed by atoms with E-state index < -0.39 is 11.9 Å². The van der Waals surface area contributed by atoms with E-state index in [0.717, 1.165) is 19.3 Å². The molecule has 0 aliphatic heterocycles. The summed E-state index contributed by atoms with van der Waals surface area (Å²) in [6.45, 7) is 2.53. The first-order valence-electron chi connectivity index (χ1n) is 9.78. The van der Waals surface area contributed by atoms with Crippen molar-refractivity contribution in [2.45, 2.75) is 45.4 Å². The van der Waals surface area contributed by atoms with Crippen LogP contribution in [0.5, 0.6) is 11.5 Å². The van der Waals surface area contributed by atoms with E-state index in [2.05, 4.69) is 6.92 Å². The number of hydrogen-bond donors (Lipinski definition) is 0. The molecular formula is C23H28O5. The fourth-order valence-electron chi connectivity index (χ4n) is 2.77. The zero-order valence-electron chi connectivity index (χ0n) is 16.6.